The first-order chi connectivity index (χ1) is 9.79. The molecule has 5 heteroatoms. The fourth-order valence-electron chi connectivity index (χ4n) is 2.44. The highest BCUT2D eigenvalue weighted by Crippen LogP contribution is 2.33. The van der Waals surface area contributed by atoms with Gasteiger partial charge in [-0.25, -0.2) is 9.97 Å². The normalized spacial score (nSPS) is 17.4. The van der Waals surface area contributed by atoms with E-state index in [1.165, 1.54) is 0 Å². The molecule has 1 unspecified atom stereocenters. The second-order valence-electron chi connectivity index (χ2n) is 4.99. The van der Waals surface area contributed by atoms with Crippen molar-refractivity contribution < 1.29 is 4.74 Å². The van der Waals surface area contributed by atoms with Crippen molar-refractivity contribution in [2.75, 3.05) is 11.9 Å². The van der Waals surface area contributed by atoms with Gasteiger partial charge < -0.3 is 15.0 Å². The number of nitrogens with one attached hydrogen (secondary N) is 2. The van der Waals surface area contributed by atoms with Gasteiger partial charge in [-0.3, -0.25) is 0 Å². The molecule has 1 aliphatic heterocycles. The van der Waals surface area contributed by atoms with Crippen LogP contribution in [0, 0.1) is 6.92 Å². The highest BCUT2D eigenvalue weighted by Gasteiger charge is 2.23. The summed E-state index contributed by atoms with van der Waals surface area (Å²) in [6.07, 6.45) is 1.70. The Morgan fingerprint density at radius 3 is 3.15 bits per heavy atom. The fourth-order valence-corrected chi connectivity index (χ4v) is 2.44. The number of aromatic amines is 1. The van der Waals surface area contributed by atoms with E-state index in [9.17, 15) is 0 Å². The smallest absolute Gasteiger partial charge is 0.177 e. The Morgan fingerprint density at radius 2 is 2.20 bits per heavy atom. The van der Waals surface area contributed by atoms with Gasteiger partial charge in [-0.05, 0) is 30.7 Å². The minimum absolute atomic E-state index is 0.126. The first kappa shape index (κ1) is 11.3. The number of benzene rings is 1. The molecule has 2 N–H and O–H groups in total. The number of para-hydroxylation sites is 2. The largest absolute Gasteiger partial charge is 0.478 e. The molecule has 0 fully saturated rings. The number of hydrogen-bond donors (Lipinski definition) is 2. The van der Waals surface area contributed by atoms with Gasteiger partial charge in [0.25, 0.3) is 0 Å². The Morgan fingerprint density at radius 1 is 1.30 bits per heavy atom. The van der Waals surface area contributed by atoms with Crippen molar-refractivity contribution in [1.29, 1.82) is 0 Å². The van der Waals surface area contributed by atoms with Crippen LogP contribution in [0.25, 0.3) is 11.2 Å². The second-order valence-corrected chi connectivity index (χ2v) is 4.99. The van der Waals surface area contributed by atoms with Crippen LogP contribution in [0.5, 0.6) is 5.75 Å². The molecule has 1 atom stereocenters. The summed E-state index contributed by atoms with van der Waals surface area (Å²) < 4.78 is 5.99. The summed E-state index contributed by atoms with van der Waals surface area (Å²) in [6, 6.07) is 9.97. The molecule has 2 aromatic heterocycles. The Kier molecular flexibility index (Phi) is 2.39. The van der Waals surface area contributed by atoms with Gasteiger partial charge in [0.1, 0.15) is 5.75 Å². The molecule has 0 bridgehead atoms. The van der Waals surface area contributed by atoms with Crippen molar-refractivity contribution in [3.8, 4) is 5.75 Å². The lowest BCUT2D eigenvalue weighted by Gasteiger charge is -2.25. The van der Waals surface area contributed by atoms with Gasteiger partial charge in [0.05, 0.1) is 17.7 Å². The van der Waals surface area contributed by atoms with Crippen LogP contribution in [0.3, 0.4) is 0 Å². The monoisotopic (exact) mass is 266 g/mol. The molecule has 20 heavy (non-hydrogen) atoms. The van der Waals surface area contributed by atoms with Gasteiger partial charge in [0.2, 0.25) is 0 Å². The van der Waals surface area contributed by atoms with Gasteiger partial charge in [-0.1, -0.05) is 12.1 Å². The fraction of sp³-hybridized carbons (Fsp3) is 0.200. The standard InChI is InChI=1S/C15H14N4O/c1-9-6-11-14(17-7-9)19-15(18-11)13-8-16-10-4-2-3-5-12(10)20-13/h2-7,13,16H,8H2,1H3,(H,17,18,19). The van der Waals surface area contributed by atoms with E-state index in [0.717, 1.165) is 34.0 Å². The zero-order chi connectivity index (χ0) is 13.5. The number of imidazole rings is 1. The highest BCUT2D eigenvalue weighted by molar-refractivity contribution is 5.71. The van der Waals surface area contributed by atoms with E-state index >= 15 is 0 Å². The van der Waals surface area contributed by atoms with Crippen LogP contribution in [0.15, 0.2) is 36.5 Å². The second kappa shape index (κ2) is 4.23. The number of ether oxygens (including phenoxy) is 1. The predicted octanol–water partition coefficient (Wildman–Crippen LogP) is 2.81. The van der Waals surface area contributed by atoms with Crippen molar-refractivity contribution in [2.45, 2.75) is 13.0 Å². The van der Waals surface area contributed by atoms with Crippen molar-refractivity contribution >= 4 is 16.9 Å². The number of H-pyrrole nitrogens is 1. The lowest BCUT2D eigenvalue weighted by atomic mass is 10.2. The molecule has 0 saturated carbocycles. The maximum absolute atomic E-state index is 5.99. The van der Waals surface area contributed by atoms with E-state index in [1.807, 2.05) is 43.5 Å². The van der Waals surface area contributed by atoms with Gasteiger partial charge in [-0.15, -0.1) is 0 Å². The third-order valence-electron chi connectivity index (χ3n) is 3.43. The number of rotatable bonds is 1. The van der Waals surface area contributed by atoms with Crippen molar-refractivity contribution in [3.05, 3.63) is 47.9 Å². The molecule has 0 spiro atoms. The third-order valence-corrected chi connectivity index (χ3v) is 3.43. The number of nitrogens with zero attached hydrogens (tertiary/aromatic N) is 2. The maximum Gasteiger partial charge on any atom is 0.177 e. The number of anilines is 1. The Hall–Kier alpha value is -2.56. The van der Waals surface area contributed by atoms with E-state index in [1.54, 1.807) is 0 Å². The lowest BCUT2D eigenvalue weighted by Crippen LogP contribution is -2.24. The minimum Gasteiger partial charge on any atom is -0.478 e. The van der Waals surface area contributed by atoms with Crippen LogP contribution in [0.4, 0.5) is 5.69 Å². The van der Waals surface area contributed by atoms with Gasteiger partial charge in [-0.2, -0.15) is 0 Å². The summed E-state index contributed by atoms with van der Waals surface area (Å²) in [5.74, 6) is 1.66. The predicted molar refractivity (Wildman–Crippen MR) is 76.9 cm³/mol. The van der Waals surface area contributed by atoms with Crippen LogP contribution in [0.2, 0.25) is 0 Å². The van der Waals surface area contributed by atoms with E-state index in [2.05, 4.69) is 20.3 Å². The zero-order valence-corrected chi connectivity index (χ0v) is 11.1. The summed E-state index contributed by atoms with van der Waals surface area (Å²) in [4.78, 5) is 12.1. The number of aromatic nitrogens is 3. The first-order valence-electron chi connectivity index (χ1n) is 6.61. The number of hydrogen-bond acceptors (Lipinski definition) is 4. The lowest BCUT2D eigenvalue weighted by molar-refractivity contribution is 0.202. The molecule has 4 rings (SSSR count). The molecule has 100 valence electrons. The molecule has 0 radical (unpaired) electrons. The molecular formula is C15H14N4O. The Balaban J connectivity index is 1.70. The van der Waals surface area contributed by atoms with E-state index in [0.29, 0.717) is 6.54 Å². The molecule has 3 heterocycles. The van der Waals surface area contributed by atoms with Crippen molar-refractivity contribution in [2.24, 2.45) is 0 Å². The zero-order valence-electron chi connectivity index (χ0n) is 11.1. The maximum atomic E-state index is 5.99. The number of fused-ring (bicyclic) bond motifs is 2. The highest BCUT2D eigenvalue weighted by atomic mass is 16.5. The molecule has 0 amide bonds. The first-order valence-corrected chi connectivity index (χ1v) is 6.61. The van der Waals surface area contributed by atoms with Gasteiger partial charge >= 0.3 is 0 Å². The molecule has 0 aliphatic carbocycles. The van der Waals surface area contributed by atoms with Crippen LogP contribution >= 0.6 is 0 Å². The quantitative estimate of drug-likeness (QED) is 0.711. The third kappa shape index (κ3) is 1.79. The van der Waals surface area contributed by atoms with E-state index in [4.69, 9.17) is 4.74 Å². The number of pyridine rings is 1. The number of aryl methyl sites for hydroxylation is 1. The molecule has 0 saturated heterocycles. The van der Waals surface area contributed by atoms with Crippen LogP contribution in [0.1, 0.15) is 17.5 Å². The van der Waals surface area contributed by atoms with Crippen molar-refractivity contribution in [1.82, 2.24) is 15.0 Å². The SMILES string of the molecule is Cc1cnc2nc(C3CNc4ccccc4O3)[nH]c2c1. The van der Waals surface area contributed by atoms with Gasteiger partial charge in [0.15, 0.2) is 17.6 Å². The summed E-state index contributed by atoms with van der Waals surface area (Å²) in [5, 5.41) is 3.36. The van der Waals surface area contributed by atoms with Crippen LogP contribution in [-0.4, -0.2) is 21.5 Å². The summed E-state index contributed by atoms with van der Waals surface area (Å²) in [5.41, 5.74) is 3.81. The minimum atomic E-state index is -0.126. The topological polar surface area (TPSA) is 62.8 Å². The average Bonchev–Trinajstić information content (AvgIpc) is 2.89. The molecule has 1 aliphatic rings. The summed E-state index contributed by atoms with van der Waals surface area (Å²) >= 11 is 0. The average molecular weight is 266 g/mol. The molecule has 5 nitrogen and oxygen atoms in total. The van der Waals surface area contributed by atoms with Crippen molar-refractivity contribution in [3.63, 3.8) is 0 Å². The molecule has 1 aromatic carbocycles. The Bertz CT molecular complexity index is 780. The van der Waals surface area contributed by atoms with Crippen LogP contribution in [-0.2, 0) is 0 Å². The van der Waals surface area contributed by atoms with E-state index < -0.39 is 0 Å². The van der Waals surface area contributed by atoms with Crippen LogP contribution < -0.4 is 10.1 Å². The molecule has 3 aromatic rings. The molecular weight excluding hydrogens is 252 g/mol. The van der Waals surface area contributed by atoms with Gasteiger partial charge in [0, 0.05) is 6.20 Å². The summed E-state index contributed by atoms with van der Waals surface area (Å²) in [6.45, 7) is 2.71. The Labute approximate surface area is 116 Å². The van der Waals surface area contributed by atoms with E-state index in [-0.39, 0.29) is 6.10 Å². The summed E-state index contributed by atoms with van der Waals surface area (Å²) in [7, 11) is 0.